The van der Waals surface area contributed by atoms with Crippen molar-refractivity contribution in [2.45, 2.75) is 33.0 Å². The van der Waals surface area contributed by atoms with Gasteiger partial charge in [0.25, 0.3) is 10.2 Å². The van der Waals surface area contributed by atoms with E-state index in [0.29, 0.717) is 0 Å². The maximum atomic E-state index is 11.5. The minimum absolute atomic E-state index is 0.0130. The summed E-state index contributed by atoms with van der Waals surface area (Å²) in [5.74, 6) is 0. The summed E-state index contributed by atoms with van der Waals surface area (Å²) < 4.78 is 27.8. The molecule has 0 spiro atoms. The highest BCUT2D eigenvalue weighted by Crippen LogP contribution is 2.04. The Balaban J connectivity index is 2.55. The minimum atomic E-state index is -3.44. The number of hydrogen-bond acceptors (Lipinski definition) is 3. The van der Waals surface area contributed by atoms with Crippen LogP contribution in [-0.2, 0) is 23.4 Å². The summed E-state index contributed by atoms with van der Waals surface area (Å²) in [6.07, 6.45) is 0. The van der Waals surface area contributed by atoms with E-state index in [1.165, 1.54) is 0 Å². The van der Waals surface area contributed by atoms with E-state index in [-0.39, 0.29) is 19.2 Å². The zero-order valence-electron chi connectivity index (χ0n) is 9.97. The van der Waals surface area contributed by atoms with Gasteiger partial charge in [-0.15, -0.1) is 0 Å². The van der Waals surface area contributed by atoms with Gasteiger partial charge in [0.15, 0.2) is 0 Å². The fourth-order valence-electron chi connectivity index (χ4n) is 1.29. The van der Waals surface area contributed by atoms with Crippen molar-refractivity contribution >= 4 is 10.2 Å². The monoisotopic (exact) mass is 258 g/mol. The molecule has 1 rings (SSSR count). The molecule has 0 saturated heterocycles. The number of hydrogen-bond donors (Lipinski definition) is 3. The van der Waals surface area contributed by atoms with Gasteiger partial charge in [0.1, 0.15) is 0 Å². The van der Waals surface area contributed by atoms with Gasteiger partial charge in [0.2, 0.25) is 0 Å². The summed E-state index contributed by atoms with van der Waals surface area (Å²) >= 11 is 0. The maximum Gasteiger partial charge on any atom is 0.277 e. The van der Waals surface area contributed by atoms with Gasteiger partial charge in [-0.1, -0.05) is 24.3 Å². The van der Waals surface area contributed by atoms with Gasteiger partial charge in [0.05, 0.1) is 6.61 Å². The summed E-state index contributed by atoms with van der Waals surface area (Å²) in [6, 6.07) is 6.95. The van der Waals surface area contributed by atoms with Crippen molar-refractivity contribution in [3.05, 3.63) is 35.4 Å². The second kappa shape index (κ2) is 6.11. The first kappa shape index (κ1) is 14.1. The standard InChI is InChI=1S/C11H18N2O3S/c1-9(2)13-17(15,16)12-7-10-3-5-11(8-14)6-4-10/h3-6,9,12-14H,7-8H2,1-2H3. The van der Waals surface area contributed by atoms with E-state index in [1.54, 1.807) is 38.1 Å². The molecule has 1 aromatic rings. The van der Waals surface area contributed by atoms with E-state index < -0.39 is 10.2 Å². The normalized spacial score (nSPS) is 12.0. The Morgan fingerprint density at radius 2 is 1.71 bits per heavy atom. The molecule has 0 aliphatic rings. The van der Waals surface area contributed by atoms with Crippen LogP contribution in [0.4, 0.5) is 0 Å². The zero-order valence-corrected chi connectivity index (χ0v) is 10.8. The first-order chi connectivity index (χ1) is 7.93. The predicted molar refractivity (Wildman–Crippen MR) is 66.4 cm³/mol. The Labute approximate surface area is 102 Å². The van der Waals surface area contributed by atoms with Crippen LogP contribution in [-0.4, -0.2) is 19.6 Å². The summed E-state index contributed by atoms with van der Waals surface area (Å²) in [5.41, 5.74) is 1.65. The Morgan fingerprint density at radius 3 is 2.18 bits per heavy atom. The number of benzene rings is 1. The second-order valence-electron chi connectivity index (χ2n) is 4.07. The largest absolute Gasteiger partial charge is 0.392 e. The Kier molecular flexibility index (Phi) is 5.07. The van der Waals surface area contributed by atoms with Gasteiger partial charge in [-0.2, -0.15) is 17.9 Å². The highest BCUT2D eigenvalue weighted by Gasteiger charge is 2.10. The Bertz CT molecular complexity index is 440. The van der Waals surface area contributed by atoms with Gasteiger partial charge in [-0.3, -0.25) is 0 Å². The first-order valence-corrected chi connectivity index (χ1v) is 6.87. The molecule has 0 amide bonds. The van der Waals surface area contributed by atoms with Crippen LogP contribution in [0.15, 0.2) is 24.3 Å². The van der Waals surface area contributed by atoms with Crippen LogP contribution >= 0.6 is 0 Å². The van der Waals surface area contributed by atoms with E-state index in [4.69, 9.17) is 5.11 Å². The van der Waals surface area contributed by atoms with Gasteiger partial charge < -0.3 is 5.11 Å². The molecule has 0 aliphatic heterocycles. The molecule has 96 valence electrons. The molecule has 5 nitrogen and oxygen atoms in total. The third-order valence-electron chi connectivity index (χ3n) is 2.06. The second-order valence-corrected chi connectivity index (χ2v) is 5.60. The lowest BCUT2D eigenvalue weighted by molar-refractivity contribution is 0.282. The Hall–Kier alpha value is -0.950. The molecule has 0 saturated carbocycles. The van der Waals surface area contributed by atoms with Crippen molar-refractivity contribution in [2.24, 2.45) is 0 Å². The molecule has 17 heavy (non-hydrogen) atoms. The molecule has 0 unspecified atom stereocenters. The smallest absolute Gasteiger partial charge is 0.277 e. The van der Waals surface area contributed by atoms with Gasteiger partial charge >= 0.3 is 0 Å². The SMILES string of the molecule is CC(C)NS(=O)(=O)NCc1ccc(CO)cc1. The predicted octanol–water partition coefficient (Wildman–Crippen LogP) is 0.511. The molecular formula is C11H18N2O3S. The van der Waals surface area contributed by atoms with E-state index in [9.17, 15) is 8.42 Å². The van der Waals surface area contributed by atoms with Crippen molar-refractivity contribution in [2.75, 3.05) is 0 Å². The van der Waals surface area contributed by atoms with Gasteiger partial charge in [0, 0.05) is 12.6 Å². The van der Waals surface area contributed by atoms with Crippen molar-refractivity contribution < 1.29 is 13.5 Å². The molecule has 0 atom stereocenters. The fourth-order valence-corrected chi connectivity index (χ4v) is 2.35. The van der Waals surface area contributed by atoms with Crippen LogP contribution in [0.1, 0.15) is 25.0 Å². The maximum absolute atomic E-state index is 11.5. The van der Waals surface area contributed by atoms with Crippen LogP contribution in [0.5, 0.6) is 0 Å². The van der Waals surface area contributed by atoms with Gasteiger partial charge in [-0.25, -0.2) is 0 Å². The third kappa shape index (κ3) is 5.27. The van der Waals surface area contributed by atoms with Gasteiger partial charge in [-0.05, 0) is 25.0 Å². The lowest BCUT2D eigenvalue weighted by Gasteiger charge is -2.10. The average Bonchev–Trinajstić information content (AvgIpc) is 2.25. The summed E-state index contributed by atoms with van der Waals surface area (Å²) in [5, 5.41) is 8.87. The van der Waals surface area contributed by atoms with Crippen molar-refractivity contribution in [1.82, 2.24) is 9.44 Å². The molecule has 6 heteroatoms. The lowest BCUT2D eigenvalue weighted by atomic mass is 10.1. The molecule has 3 N–H and O–H groups in total. The van der Waals surface area contributed by atoms with Crippen molar-refractivity contribution in [3.8, 4) is 0 Å². The van der Waals surface area contributed by atoms with E-state index >= 15 is 0 Å². The third-order valence-corrected chi connectivity index (χ3v) is 3.37. The minimum Gasteiger partial charge on any atom is -0.392 e. The van der Waals surface area contributed by atoms with E-state index in [2.05, 4.69) is 9.44 Å². The fraction of sp³-hybridized carbons (Fsp3) is 0.455. The quantitative estimate of drug-likeness (QED) is 0.695. The van der Waals surface area contributed by atoms with Crippen LogP contribution in [0.3, 0.4) is 0 Å². The lowest BCUT2D eigenvalue weighted by Crippen LogP contribution is -2.39. The van der Waals surface area contributed by atoms with Crippen LogP contribution < -0.4 is 9.44 Å². The zero-order chi connectivity index (χ0) is 12.9. The van der Waals surface area contributed by atoms with Crippen molar-refractivity contribution in [1.29, 1.82) is 0 Å². The molecule has 0 aliphatic carbocycles. The highest BCUT2D eigenvalue weighted by molar-refractivity contribution is 7.87. The average molecular weight is 258 g/mol. The molecule has 0 radical (unpaired) electrons. The molecule has 1 aromatic carbocycles. The number of nitrogens with one attached hydrogen (secondary N) is 2. The van der Waals surface area contributed by atoms with E-state index in [1.807, 2.05) is 0 Å². The summed E-state index contributed by atoms with van der Waals surface area (Å²) in [7, 11) is -3.44. The highest BCUT2D eigenvalue weighted by atomic mass is 32.2. The summed E-state index contributed by atoms with van der Waals surface area (Å²) in [4.78, 5) is 0. The topological polar surface area (TPSA) is 78.4 Å². The van der Waals surface area contributed by atoms with Crippen molar-refractivity contribution in [3.63, 3.8) is 0 Å². The number of rotatable bonds is 6. The van der Waals surface area contributed by atoms with Crippen LogP contribution in [0, 0.1) is 0 Å². The van der Waals surface area contributed by atoms with E-state index in [0.717, 1.165) is 11.1 Å². The molecule has 0 fully saturated rings. The number of aliphatic hydroxyl groups excluding tert-OH is 1. The molecular weight excluding hydrogens is 240 g/mol. The number of aliphatic hydroxyl groups is 1. The first-order valence-electron chi connectivity index (χ1n) is 5.38. The van der Waals surface area contributed by atoms with Crippen LogP contribution in [0.25, 0.3) is 0 Å². The molecule has 0 bridgehead atoms. The molecule has 0 aromatic heterocycles. The van der Waals surface area contributed by atoms with Crippen LogP contribution in [0.2, 0.25) is 0 Å². The Morgan fingerprint density at radius 1 is 1.18 bits per heavy atom. The summed E-state index contributed by atoms with van der Waals surface area (Å²) in [6.45, 7) is 3.74. The molecule has 0 heterocycles.